The number of ether oxygens (including phenoxy) is 2. The molecule has 160 valence electrons. The second-order valence-corrected chi connectivity index (χ2v) is 7.86. The van der Waals surface area contributed by atoms with E-state index in [2.05, 4.69) is 16.3 Å². The summed E-state index contributed by atoms with van der Waals surface area (Å²) in [7, 11) is 0. The van der Waals surface area contributed by atoms with Crippen LogP contribution in [0.3, 0.4) is 0 Å². The lowest BCUT2D eigenvalue weighted by atomic mass is 10.1. The van der Waals surface area contributed by atoms with Gasteiger partial charge < -0.3 is 19.7 Å². The van der Waals surface area contributed by atoms with Crippen molar-refractivity contribution in [2.75, 3.05) is 38.3 Å². The average molecular weight is 418 g/mol. The van der Waals surface area contributed by atoms with Gasteiger partial charge in [-0.1, -0.05) is 18.2 Å². The van der Waals surface area contributed by atoms with Gasteiger partial charge in [-0.25, -0.2) is 0 Å². The van der Waals surface area contributed by atoms with Gasteiger partial charge >= 0.3 is 0 Å². The molecular weight excluding hydrogens is 392 g/mol. The Hall–Kier alpha value is -3.50. The van der Waals surface area contributed by atoms with Crippen LogP contribution >= 0.6 is 0 Å². The number of fused-ring (bicyclic) bond motifs is 1. The van der Waals surface area contributed by atoms with E-state index in [0.29, 0.717) is 0 Å². The lowest BCUT2D eigenvalue weighted by Crippen LogP contribution is -2.43. The van der Waals surface area contributed by atoms with Gasteiger partial charge in [0.15, 0.2) is 11.5 Å². The maximum Gasteiger partial charge on any atom is 0.267 e. The third-order valence-electron chi connectivity index (χ3n) is 5.78. The Morgan fingerprint density at radius 3 is 2.68 bits per heavy atom. The zero-order valence-corrected chi connectivity index (χ0v) is 17.9. The molecule has 2 aliphatic heterocycles. The van der Waals surface area contributed by atoms with E-state index in [1.165, 1.54) is 5.56 Å². The van der Waals surface area contributed by atoms with Crippen molar-refractivity contribution in [2.24, 2.45) is 0 Å². The molecule has 7 heteroatoms. The molecule has 0 aromatic heterocycles. The number of hydrogen-bond donors (Lipinski definition) is 1. The highest BCUT2D eigenvalue weighted by molar-refractivity contribution is 6.06. The van der Waals surface area contributed by atoms with Crippen molar-refractivity contribution in [3.05, 3.63) is 64.9 Å². The van der Waals surface area contributed by atoms with E-state index < -0.39 is 0 Å². The summed E-state index contributed by atoms with van der Waals surface area (Å²) in [6, 6.07) is 13.8. The highest BCUT2D eigenvalue weighted by Crippen LogP contribution is 2.32. The summed E-state index contributed by atoms with van der Waals surface area (Å²) < 4.78 is 10.8. The van der Waals surface area contributed by atoms with Crippen LogP contribution in [0.1, 0.15) is 16.7 Å². The lowest BCUT2D eigenvalue weighted by molar-refractivity contribution is -0.112. The number of nitriles is 1. The molecule has 4 rings (SSSR count). The number of nitrogens with zero attached hydrogens (tertiary/aromatic N) is 3. The van der Waals surface area contributed by atoms with Crippen LogP contribution in [0.4, 0.5) is 5.69 Å². The molecular formula is C24H26N4O3. The third kappa shape index (κ3) is 4.81. The number of carbonyl (C=O) groups excluding carboxylic acids is 1. The molecule has 2 heterocycles. The number of aryl methyl sites for hydroxylation is 1. The smallest absolute Gasteiger partial charge is 0.267 e. The van der Waals surface area contributed by atoms with Crippen molar-refractivity contribution in [3.8, 4) is 17.6 Å². The molecule has 7 nitrogen and oxygen atoms in total. The number of amides is 1. The molecule has 1 N–H and O–H groups in total. The summed E-state index contributed by atoms with van der Waals surface area (Å²) in [5, 5.41) is 12.4. The zero-order valence-electron chi connectivity index (χ0n) is 17.9. The Morgan fingerprint density at radius 2 is 1.90 bits per heavy atom. The quantitative estimate of drug-likeness (QED) is 0.594. The van der Waals surface area contributed by atoms with Crippen molar-refractivity contribution >= 4 is 11.6 Å². The molecule has 0 aliphatic carbocycles. The molecule has 2 aliphatic rings. The Kier molecular flexibility index (Phi) is 6.10. The molecule has 2 aromatic carbocycles. The minimum Gasteiger partial charge on any atom is -0.454 e. The number of rotatable bonds is 5. The monoisotopic (exact) mass is 418 g/mol. The molecule has 0 unspecified atom stereocenters. The third-order valence-corrected chi connectivity index (χ3v) is 5.78. The van der Waals surface area contributed by atoms with Crippen molar-refractivity contribution in [2.45, 2.75) is 20.4 Å². The first kappa shape index (κ1) is 20.8. The largest absolute Gasteiger partial charge is 0.454 e. The Labute approximate surface area is 182 Å². The molecule has 1 fully saturated rings. The number of piperazine rings is 1. The van der Waals surface area contributed by atoms with Gasteiger partial charge in [-0.15, -0.1) is 0 Å². The Morgan fingerprint density at radius 1 is 1.13 bits per heavy atom. The van der Waals surface area contributed by atoms with E-state index >= 15 is 0 Å². The minimum atomic E-state index is -0.376. The molecule has 0 atom stereocenters. The molecule has 0 radical (unpaired) electrons. The number of nitrogens with one attached hydrogen (secondary N) is 1. The molecule has 0 saturated carbocycles. The van der Waals surface area contributed by atoms with Crippen LogP contribution in [0.5, 0.6) is 11.5 Å². The predicted molar refractivity (Wildman–Crippen MR) is 118 cm³/mol. The standard InChI is InChI=1S/C24H26N4O3/c1-17-4-3-5-21(18(17)2)26-24(29)20(13-25)15-28-10-8-27(9-11-28)14-19-6-7-22-23(12-19)31-16-30-22/h3-7,12,15H,8-11,14,16H2,1-2H3,(H,26,29)/b20-15-. The number of hydrogen-bond acceptors (Lipinski definition) is 6. The van der Waals surface area contributed by atoms with E-state index in [1.807, 2.05) is 55.1 Å². The van der Waals surface area contributed by atoms with E-state index in [0.717, 1.165) is 61.0 Å². The number of anilines is 1. The second-order valence-electron chi connectivity index (χ2n) is 7.86. The van der Waals surface area contributed by atoms with Crippen LogP contribution in [0, 0.1) is 25.2 Å². The van der Waals surface area contributed by atoms with E-state index in [1.54, 1.807) is 6.20 Å². The van der Waals surface area contributed by atoms with E-state index in [-0.39, 0.29) is 18.3 Å². The predicted octanol–water partition coefficient (Wildman–Crippen LogP) is 3.20. The van der Waals surface area contributed by atoms with Crippen LogP contribution in [0.2, 0.25) is 0 Å². The first-order chi connectivity index (χ1) is 15.0. The lowest BCUT2D eigenvalue weighted by Gasteiger charge is -2.34. The minimum absolute atomic E-state index is 0.116. The second kappa shape index (κ2) is 9.11. The molecule has 1 amide bonds. The van der Waals surface area contributed by atoms with Gasteiger partial charge in [0.1, 0.15) is 11.6 Å². The first-order valence-electron chi connectivity index (χ1n) is 10.4. The summed E-state index contributed by atoms with van der Waals surface area (Å²) in [4.78, 5) is 17.0. The van der Waals surface area contributed by atoms with Crippen LogP contribution in [-0.4, -0.2) is 48.7 Å². The van der Waals surface area contributed by atoms with Crippen LogP contribution in [0.15, 0.2) is 48.2 Å². The fourth-order valence-corrected chi connectivity index (χ4v) is 3.75. The maximum absolute atomic E-state index is 12.6. The van der Waals surface area contributed by atoms with Crippen molar-refractivity contribution < 1.29 is 14.3 Å². The molecule has 2 aromatic rings. The van der Waals surface area contributed by atoms with Gasteiger partial charge in [-0.3, -0.25) is 9.69 Å². The summed E-state index contributed by atoms with van der Waals surface area (Å²) >= 11 is 0. The molecule has 31 heavy (non-hydrogen) atoms. The Bertz CT molecular complexity index is 1050. The molecule has 1 saturated heterocycles. The topological polar surface area (TPSA) is 77.8 Å². The van der Waals surface area contributed by atoms with Gasteiger partial charge in [0, 0.05) is 44.6 Å². The summed E-state index contributed by atoms with van der Waals surface area (Å²) in [6.45, 7) is 8.27. The maximum atomic E-state index is 12.6. The van der Waals surface area contributed by atoms with Crippen molar-refractivity contribution in [1.29, 1.82) is 5.26 Å². The van der Waals surface area contributed by atoms with Gasteiger partial charge in [0.05, 0.1) is 0 Å². The molecule has 0 bridgehead atoms. The summed E-state index contributed by atoms with van der Waals surface area (Å²) in [5.74, 6) is 1.22. The van der Waals surface area contributed by atoms with Crippen LogP contribution in [0.25, 0.3) is 0 Å². The summed E-state index contributed by atoms with van der Waals surface area (Å²) in [6.07, 6.45) is 1.68. The van der Waals surface area contributed by atoms with Gasteiger partial charge in [-0.2, -0.15) is 5.26 Å². The van der Waals surface area contributed by atoms with Crippen molar-refractivity contribution in [1.82, 2.24) is 9.80 Å². The fourth-order valence-electron chi connectivity index (χ4n) is 3.75. The van der Waals surface area contributed by atoms with Crippen LogP contribution < -0.4 is 14.8 Å². The average Bonchev–Trinajstić information content (AvgIpc) is 3.24. The van der Waals surface area contributed by atoms with Gasteiger partial charge in [-0.05, 0) is 48.7 Å². The van der Waals surface area contributed by atoms with E-state index in [4.69, 9.17) is 9.47 Å². The SMILES string of the molecule is Cc1cccc(NC(=O)/C(C#N)=C\N2CCN(Cc3ccc4c(c3)OCO4)CC2)c1C. The fraction of sp³-hybridized carbons (Fsp3) is 0.333. The Balaban J connectivity index is 1.33. The zero-order chi connectivity index (χ0) is 21.8. The molecule has 0 spiro atoms. The first-order valence-corrected chi connectivity index (χ1v) is 10.4. The number of carbonyl (C=O) groups is 1. The normalized spacial score (nSPS) is 16.2. The van der Waals surface area contributed by atoms with Crippen LogP contribution in [-0.2, 0) is 11.3 Å². The van der Waals surface area contributed by atoms with Gasteiger partial charge in [0.25, 0.3) is 5.91 Å². The highest BCUT2D eigenvalue weighted by atomic mass is 16.7. The van der Waals surface area contributed by atoms with Crippen molar-refractivity contribution in [3.63, 3.8) is 0 Å². The van der Waals surface area contributed by atoms with E-state index in [9.17, 15) is 10.1 Å². The number of benzene rings is 2. The highest BCUT2D eigenvalue weighted by Gasteiger charge is 2.19. The summed E-state index contributed by atoms with van der Waals surface area (Å²) in [5.41, 5.74) is 4.13. The van der Waals surface area contributed by atoms with Gasteiger partial charge in [0.2, 0.25) is 6.79 Å².